The van der Waals surface area contributed by atoms with Gasteiger partial charge in [-0.1, -0.05) is 6.07 Å². The lowest BCUT2D eigenvalue weighted by Gasteiger charge is -2.31. The molecule has 1 aromatic rings. The molecule has 130 valence electrons. The zero-order valence-corrected chi connectivity index (χ0v) is 14.6. The molecule has 0 amide bonds. The van der Waals surface area contributed by atoms with Crippen molar-refractivity contribution in [3.63, 3.8) is 0 Å². The van der Waals surface area contributed by atoms with Crippen LogP contribution in [0.4, 0.5) is 0 Å². The van der Waals surface area contributed by atoms with E-state index in [2.05, 4.69) is 9.62 Å². The lowest BCUT2D eigenvalue weighted by Crippen LogP contribution is -2.41. The standard InChI is InChI=1S/C16H26N2O4S/c1-13-5-6-16(15(10-13)22-2)23(20,21)17-7-9-18-8-3-4-14(11-18)12-19/h5-6,10,14,17,19H,3-4,7-9,11-12H2,1-2H3/t14-/m1/s1. The molecule has 1 aromatic carbocycles. The maximum atomic E-state index is 12.4. The van der Waals surface area contributed by atoms with E-state index in [0.29, 0.717) is 24.8 Å². The molecule has 0 aliphatic carbocycles. The Morgan fingerprint density at radius 2 is 2.22 bits per heavy atom. The summed E-state index contributed by atoms with van der Waals surface area (Å²) in [4.78, 5) is 2.36. The molecule has 0 saturated carbocycles. The maximum Gasteiger partial charge on any atom is 0.244 e. The van der Waals surface area contributed by atoms with Gasteiger partial charge in [0.1, 0.15) is 10.6 Å². The third-order valence-corrected chi connectivity index (χ3v) is 5.69. The molecule has 23 heavy (non-hydrogen) atoms. The number of benzene rings is 1. The minimum Gasteiger partial charge on any atom is -0.495 e. The van der Waals surface area contributed by atoms with Crippen molar-refractivity contribution in [1.29, 1.82) is 0 Å². The molecule has 1 atom stereocenters. The van der Waals surface area contributed by atoms with E-state index in [1.54, 1.807) is 18.2 Å². The molecule has 2 N–H and O–H groups in total. The van der Waals surface area contributed by atoms with Gasteiger partial charge in [0.05, 0.1) is 7.11 Å². The number of aliphatic hydroxyl groups excluding tert-OH is 1. The molecular formula is C16H26N2O4S. The Bertz CT molecular complexity index is 619. The maximum absolute atomic E-state index is 12.4. The van der Waals surface area contributed by atoms with Crippen molar-refractivity contribution >= 4 is 10.0 Å². The molecule has 1 heterocycles. The average molecular weight is 342 g/mol. The highest BCUT2D eigenvalue weighted by atomic mass is 32.2. The number of rotatable bonds is 7. The Morgan fingerprint density at radius 3 is 2.91 bits per heavy atom. The predicted molar refractivity (Wildman–Crippen MR) is 89.2 cm³/mol. The van der Waals surface area contributed by atoms with Crippen molar-refractivity contribution in [2.75, 3.05) is 39.9 Å². The third-order valence-electron chi connectivity index (χ3n) is 4.19. The van der Waals surface area contributed by atoms with Gasteiger partial charge in [0.2, 0.25) is 10.0 Å². The molecule has 1 aliphatic heterocycles. The SMILES string of the molecule is COc1cc(C)ccc1S(=O)(=O)NCCN1CCC[C@@H](CO)C1. The first kappa shape index (κ1) is 18.2. The van der Waals surface area contributed by atoms with Crippen molar-refractivity contribution < 1.29 is 18.3 Å². The fourth-order valence-corrected chi connectivity index (χ4v) is 4.09. The van der Waals surface area contributed by atoms with Crippen LogP contribution in [0.25, 0.3) is 0 Å². The molecule has 1 saturated heterocycles. The first-order chi connectivity index (χ1) is 11.0. The molecule has 7 heteroatoms. The lowest BCUT2D eigenvalue weighted by molar-refractivity contribution is 0.122. The van der Waals surface area contributed by atoms with Crippen LogP contribution in [-0.2, 0) is 10.0 Å². The summed E-state index contributed by atoms with van der Waals surface area (Å²) in [7, 11) is -2.12. The van der Waals surface area contributed by atoms with Crippen molar-refractivity contribution in [3.8, 4) is 5.75 Å². The summed E-state index contributed by atoms with van der Waals surface area (Å²) >= 11 is 0. The largest absolute Gasteiger partial charge is 0.495 e. The average Bonchev–Trinajstić information content (AvgIpc) is 2.54. The minimum atomic E-state index is -3.59. The van der Waals surface area contributed by atoms with Gasteiger partial charge in [-0.15, -0.1) is 0 Å². The lowest BCUT2D eigenvalue weighted by atomic mass is 9.99. The number of hydrogen-bond acceptors (Lipinski definition) is 5. The van der Waals surface area contributed by atoms with Gasteiger partial charge in [0.15, 0.2) is 0 Å². The molecule has 1 aliphatic rings. The number of sulfonamides is 1. The molecule has 6 nitrogen and oxygen atoms in total. The number of ether oxygens (including phenoxy) is 1. The third kappa shape index (κ3) is 4.91. The van der Waals surface area contributed by atoms with E-state index in [9.17, 15) is 13.5 Å². The van der Waals surface area contributed by atoms with Crippen molar-refractivity contribution in [1.82, 2.24) is 9.62 Å². The summed E-state index contributed by atoms with van der Waals surface area (Å²) in [6, 6.07) is 5.04. The number of aryl methyl sites for hydroxylation is 1. The second-order valence-electron chi connectivity index (χ2n) is 6.04. The Kier molecular flexibility index (Phi) is 6.41. The first-order valence-corrected chi connectivity index (χ1v) is 9.42. The minimum absolute atomic E-state index is 0.164. The normalized spacial score (nSPS) is 19.7. The monoisotopic (exact) mass is 342 g/mol. The second kappa shape index (κ2) is 8.10. The van der Waals surface area contributed by atoms with Gasteiger partial charge in [-0.05, 0) is 49.9 Å². The highest BCUT2D eigenvalue weighted by Gasteiger charge is 2.21. The van der Waals surface area contributed by atoms with Crippen molar-refractivity contribution in [3.05, 3.63) is 23.8 Å². The van der Waals surface area contributed by atoms with E-state index < -0.39 is 10.0 Å². The van der Waals surface area contributed by atoms with Crippen LogP contribution in [0.5, 0.6) is 5.75 Å². The summed E-state index contributed by atoms with van der Waals surface area (Å²) in [5.41, 5.74) is 0.948. The van der Waals surface area contributed by atoms with Gasteiger partial charge in [0, 0.05) is 26.2 Å². The van der Waals surface area contributed by atoms with Crippen LogP contribution >= 0.6 is 0 Å². The van der Waals surface area contributed by atoms with Gasteiger partial charge >= 0.3 is 0 Å². The van der Waals surface area contributed by atoms with E-state index in [4.69, 9.17) is 4.74 Å². The molecule has 0 aromatic heterocycles. The predicted octanol–water partition coefficient (Wildman–Crippen LogP) is 0.986. The zero-order valence-electron chi connectivity index (χ0n) is 13.8. The Hall–Kier alpha value is -1.15. The number of piperidine rings is 1. The van der Waals surface area contributed by atoms with Crippen LogP contribution in [-0.4, -0.2) is 58.3 Å². The van der Waals surface area contributed by atoms with Crippen molar-refractivity contribution in [2.24, 2.45) is 5.92 Å². The van der Waals surface area contributed by atoms with Gasteiger partial charge in [-0.2, -0.15) is 0 Å². The summed E-state index contributed by atoms with van der Waals surface area (Å²) in [6.07, 6.45) is 2.09. The summed E-state index contributed by atoms with van der Waals surface area (Å²) in [5, 5.41) is 9.24. The number of methoxy groups -OCH3 is 1. The Balaban J connectivity index is 1.94. The molecule has 0 unspecified atom stereocenters. The second-order valence-corrected chi connectivity index (χ2v) is 7.78. The molecular weight excluding hydrogens is 316 g/mol. The number of nitrogens with zero attached hydrogens (tertiary/aromatic N) is 1. The zero-order chi connectivity index (χ0) is 16.9. The van der Waals surface area contributed by atoms with Gasteiger partial charge < -0.3 is 14.7 Å². The highest BCUT2D eigenvalue weighted by Crippen LogP contribution is 2.24. The van der Waals surface area contributed by atoms with Crippen LogP contribution < -0.4 is 9.46 Å². The molecule has 0 spiro atoms. The number of nitrogens with one attached hydrogen (secondary N) is 1. The molecule has 0 bridgehead atoms. The smallest absolute Gasteiger partial charge is 0.244 e. The van der Waals surface area contributed by atoms with E-state index in [0.717, 1.165) is 31.5 Å². The first-order valence-electron chi connectivity index (χ1n) is 7.94. The van der Waals surface area contributed by atoms with Crippen LogP contribution in [0.2, 0.25) is 0 Å². The summed E-state index contributed by atoms with van der Waals surface area (Å²) in [6.45, 7) is 4.85. The summed E-state index contributed by atoms with van der Waals surface area (Å²) < 4.78 is 32.7. The topological polar surface area (TPSA) is 78.9 Å². The summed E-state index contributed by atoms with van der Waals surface area (Å²) in [5.74, 6) is 0.661. The molecule has 0 radical (unpaired) electrons. The van der Waals surface area contributed by atoms with Crippen LogP contribution in [0.1, 0.15) is 18.4 Å². The highest BCUT2D eigenvalue weighted by molar-refractivity contribution is 7.89. The number of hydrogen-bond donors (Lipinski definition) is 2. The Labute approximate surface area is 138 Å². The Morgan fingerprint density at radius 1 is 1.43 bits per heavy atom. The van der Waals surface area contributed by atoms with E-state index >= 15 is 0 Å². The van der Waals surface area contributed by atoms with E-state index in [1.807, 2.05) is 6.92 Å². The van der Waals surface area contributed by atoms with Gasteiger partial charge in [-0.25, -0.2) is 13.1 Å². The van der Waals surface area contributed by atoms with Gasteiger partial charge in [-0.3, -0.25) is 0 Å². The van der Waals surface area contributed by atoms with Crippen LogP contribution in [0, 0.1) is 12.8 Å². The fraction of sp³-hybridized carbons (Fsp3) is 0.625. The molecule has 1 fully saturated rings. The van der Waals surface area contributed by atoms with Crippen molar-refractivity contribution in [2.45, 2.75) is 24.7 Å². The van der Waals surface area contributed by atoms with Crippen LogP contribution in [0.3, 0.4) is 0 Å². The molecule has 2 rings (SSSR count). The number of aliphatic hydroxyl groups is 1. The van der Waals surface area contributed by atoms with E-state index in [-0.39, 0.29) is 11.5 Å². The van der Waals surface area contributed by atoms with E-state index in [1.165, 1.54) is 7.11 Å². The number of likely N-dealkylation sites (tertiary alicyclic amines) is 1. The van der Waals surface area contributed by atoms with Crippen LogP contribution in [0.15, 0.2) is 23.1 Å². The fourth-order valence-electron chi connectivity index (χ4n) is 2.92. The quantitative estimate of drug-likeness (QED) is 0.772. The van der Waals surface area contributed by atoms with Gasteiger partial charge in [0.25, 0.3) is 0 Å².